The van der Waals surface area contributed by atoms with E-state index in [9.17, 15) is 18.4 Å². The van der Waals surface area contributed by atoms with E-state index in [1.54, 1.807) is 42.2 Å². The molecule has 172 valence electrons. The van der Waals surface area contributed by atoms with E-state index >= 15 is 0 Å². The van der Waals surface area contributed by atoms with Gasteiger partial charge in [0.15, 0.2) is 0 Å². The fourth-order valence-electron chi connectivity index (χ4n) is 3.73. The van der Waals surface area contributed by atoms with Gasteiger partial charge in [-0.2, -0.15) is 0 Å². The SMILES string of the molecule is Cc1cc(OCc2ccc(F)cc2F)c(Br)c(=O)n1-c1cccc(C(=O)N2CCNCC2)c1. The summed E-state index contributed by atoms with van der Waals surface area (Å²) in [6, 6.07) is 11.8. The summed E-state index contributed by atoms with van der Waals surface area (Å²) in [5, 5.41) is 3.22. The molecule has 1 aromatic heterocycles. The molecule has 1 saturated heterocycles. The van der Waals surface area contributed by atoms with Crippen molar-refractivity contribution in [2.75, 3.05) is 26.2 Å². The Morgan fingerprint density at radius 3 is 2.61 bits per heavy atom. The lowest BCUT2D eigenvalue weighted by molar-refractivity contribution is 0.0735. The van der Waals surface area contributed by atoms with Crippen LogP contribution < -0.4 is 15.6 Å². The lowest BCUT2D eigenvalue weighted by Gasteiger charge is -2.27. The van der Waals surface area contributed by atoms with Crippen molar-refractivity contribution in [3.8, 4) is 11.4 Å². The number of carbonyl (C=O) groups excluding carboxylic acids is 1. The standard InChI is InChI=1S/C24H22BrF2N3O3/c1-15-11-21(33-14-17-5-6-18(26)13-20(17)27)22(25)24(32)30(15)19-4-2-3-16(12-19)23(31)29-9-7-28-8-10-29/h2-6,11-13,28H,7-10,14H2,1H3. The highest BCUT2D eigenvalue weighted by atomic mass is 79.9. The van der Waals surface area contributed by atoms with Crippen molar-refractivity contribution >= 4 is 21.8 Å². The van der Waals surface area contributed by atoms with Crippen LogP contribution in [0.4, 0.5) is 8.78 Å². The Balaban J connectivity index is 1.61. The predicted molar refractivity (Wildman–Crippen MR) is 124 cm³/mol. The van der Waals surface area contributed by atoms with Crippen LogP contribution >= 0.6 is 15.9 Å². The van der Waals surface area contributed by atoms with Gasteiger partial charge in [0, 0.05) is 60.8 Å². The first-order valence-corrected chi connectivity index (χ1v) is 11.2. The van der Waals surface area contributed by atoms with E-state index in [1.165, 1.54) is 10.6 Å². The number of carbonyl (C=O) groups is 1. The monoisotopic (exact) mass is 517 g/mol. The second kappa shape index (κ2) is 9.84. The van der Waals surface area contributed by atoms with Gasteiger partial charge in [-0.3, -0.25) is 14.2 Å². The number of nitrogens with zero attached hydrogens (tertiary/aromatic N) is 2. The molecule has 1 aliphatic rings. The highest BCUT2D eigenvalue weighted by Gasteiger charge is 2.20. The predicted octanol–water partition coefficient (Wildman–Crippen LogP) is 3.81. The molecule has 0 spiro atoms. The first-order valence-electron chi connectivity index (χ1n) is 10.4. The van der Waals surface area contributed by atoms with E-state index in [0.717, 1.165) is 25.2 Å². The largest absolute Gasteiger partial charge is 0.487 e. The molecule has 0 atom stereocenters. The Kier molecular flexibility index (Phi) is 6.90. The van der Waals surface area contributed by atoms with Crippen LogP contribution in [0.25, 0.3) is 5.69 Å². The second-order valence-electron chi connectivity index (χ2n) is 7.72. The number of nitrogens with one attached hydrogen (secondary N) is 1. The molecule has 4 rings (SSSR count). The van der Waals surface area contributed by atoms with Gasteiger partial charge in [0.25, 0.3) is 11.5 Å². The Bertz CT molecular complexity index is 1260. The Morgan fingerprint density at radius 1 is 1.12 bits per heavy atom. The summed E-state index contributed by atoms with van der Waals surface area (Å²) < 4.78 is 34.3. The van der Waals surface area contributed by atoms with Gasteiger partial charge in [-0.15, -0.1) is 0 Å². The van der Waals surface area contributed by atoms with Gasteiger partial charge in [0.1, 0.15) is 28.5 Å². The van der Waals surface area contributed by atoms with Crippen LogP contribution in [0.1, 0.15) is 21.6 Å². The minimum absolute atomic E-state index is 0.0793. The summed E-state index contributed by atoms with van der Waals surface area (Å²) in [5.74, 6) is -1.23. The Labute approximate surface area is 197 Å². The number of aryl methyl sites for hydroxylation is 1. The van der Waals surface area contributed by atoms with Crippen LogP contribution in [0.5, 0.6) is 5.75 Å². The van der Waals surface area contributed by atoms with Crippen LogP contribution in [0.2, 0.25) is 0 Å². The smallest absolute Gasteiger partial charge is 0.273 e. The number of benzene rings is 2. The zero-order valence-electron chi connectivity index (χ0n) is 17.9. The molecular formula is C24H22BrF2N3O3. The Hall–Kier alpha value is -3.04. The van der Waals surface area contributed by atoms with Crippen LogP contribution in [-0.2, 0) is 6.61 Å². The minimum Gasteiger partial charge on any atom is -0.487 e. The van der Waals surface area contributed by atoms with Crippen molar-refractivity contribution in [3.63, 3.8) is 0 Å². The number of piperazine rings is 1. The molecule has 0 aliphatic carbocycles. The maximum absolute atomic E-state index is 13.9. The number of hydrogen-bond donors (Lipinski definition) is 1. The van der Waals surface area contributed by atoms with Crippen molar-refractivity contribution in [2.24, 2.45) is 0 Å². The molecular weight excluding hydrogens is 496 g/mol. The summed E-state index contributed by atoms with van der Waals surface area (Å²) in [7, 11) is 0. The lowest BCUT2D eigenvalue weighted by atomic mass is 10.1. The van der Waals surface area contributed by atoms with E-state index in [2.05, 4.69) is 21.2 Å². The zero-order chi connectivity index (χ0) is 23.5. The van der Waals surface area contributed by atoms with Gasteiger partial charge in [0.05, 0.1) is 0 Å². The molecule has 1 fully saturated rings. The van der Waals surface area contributed by atoms with Crippen LogP contribution in [0, 0.1) is 18.6 Å². The Morgan fingerprint density at radius 2 is 1.88 bits per heavy atom. The summed E-state index contributed by atoms with van der Waals surface area (Å²) in [6.45, 7) is 4.34. The quantitative estimate of drug-likeness (QED) is 0.558. The molecule has 6 nitrogen and oxygen atoms in total. The first-order chi connectivity index (χ1) is 15.8. The molecule has 1 N–H and O–H groups in total. The molecule has 33 heavy (non-hydrogen) atoms. The molecule has 0 bridgehead atoms. The van der Waals surface area contributed by atoms with Crippen LogP contribution in [0.3, 0.4) is 0 Å². The minimum atomic E-state index is -0.720. The number of halogens is 3. The molecule has 0 saturated carbocycles. The molecule has 2 aromatic carbocycles. The molecule has 9 heteroatoms. The van der Waals surface area contributed by atoms with E-state index in [-0.39, 0.29) is 33.9 Å². The number of amides is 1. The average molecular weight is 518 g/mol. The number of aromatic nitrogens is 1. The zero-order valence-corrected chi connectivity index (χ0v) is 19.5. The van der Waals surface area contributed by atoms with Gasteiger partial charge in [-0.1, -0.05) is 6.07 Å². The molecule has 0 unspecified atom stereocenters. The third-order valence-corrected chi connectivity index (χ3v) is 6.18. The van der Waals surface area contributed by atoms with Crippen LogP contribution in [0.15, 0.2) is 57.8 Å². The third-order valence-electron chi connectivity index (χ3n) is 5.45. The topological polar surface area (TPSA) is 63.6 Å². The maximum Gasteiger partial charge on any atom is 0.273 e. The second-order valence-corrected chi connectivity index (χ2v) is 8.51. The first kappa shape index (κ1) is 23.1. The summed E-state index contributed by atoms with van der Waals surface area (Å²) in [6.07, 6.45) is 0. The number of pyridine rings is 1. The highest BCUT2D eigenvalue weighted by Crippen LogP contribution is 2.26. The van der Waals surface area contributed by atoms with E-state index in [0.29, 0.717) is 30.0 Å². The average Bonchev–Trinajstić information content (AvgIpc) is 2.82. The van der Waals surface area contributed by atoms with Gasteiger partial charge in [0.2, 0.25) is 0 Å². The van der Waals surface area contributed by atoms with Crippen molar-refractivity contribution in [2.45, 2.75) is 13.5 Å². The fraction of sp³-hybridized carbons (Fsp3) is 0.250. The van der Waals surface area contributed by atoms with Crippen molar-refractivity contribution < 1.29 is 18.3 Å². The maximum atomic E-state index is 13.9. The highest BCUT2D eigenvalue weighted by molar-refractivity contribution is 9.10. The molecule has 3 aromatic rings. The lowest BCUT2D eigenvalue weighted by Crippen LogP contribution is -2.46. The van der Waals surface area contributed by atoms with Gasteiger partial charge < -0.3 is 15.0 Å². The molecule has 1 amide bonds. The number of hydrogen-bond acceptors (Lipinski definition) is 4. The van der Waals surface area contributed by atoms with Crippen molar-refractivity contribution in [3.05, 3.63) is 91.8 Å². The normalized spacial score (nSPS) is 13.8. The van der Waals surface area contributed by atoms with E-state index in [4.69, 9.17) is 4.74 Å². The van der Waals surface area contributed by atoms with E-state index < -0.39 is 11.6 Å². The summed E-state index contributed by atoms with van der Waals surface area (Å²) >= 11 is 3.28. The van der Waals surface area contributed by atoms with Gasteiger partial charge in [-0.05, 0) is 53.2 Å². The fourth-order valence-corrected chi connectivity index (χ4v) is 4.14. The number of rotatable bonds is 5. The summed E-state index contributed by atoms with van der Waals surface area (Å²) in [4.78, 5) is 27.8. The van der Waals surface area contributed by atoms with Crippen molar-refractivity contribution in [1.82, 2.24) is 14.8 Å². The van der Waals surface area contributed by atoms with Gasteiger partial charge >= 0.3 is 0 Å². The van der Waals surface area contributed by atoms with E-state index in [1.807, 2.05) is 0 Å². The number of ether oxygens (including phenoxy) is 1. The van der Waals surface area contributed by atoms with Crippen LogP contribution in [-0.4, -0.2) is 41.6 Å². The molecule has 1 aliphatic heterocycles. The van der Waals surface area contributed by atoms with Gasteiger partial charge in [-0.25, -0.2) is 8.78 Å². The summed E-state index contributed by atoms with van der Waals surface area (Å²) in [5.41, 5.74) is 1.42. The third kappa shape index (κ3) is 4.99. The molecule has 0 radical (unpaired) electrons. The molecule has 2 heterocycles. The van der Waals surface area contributed by atoms with Crippen molar-refractivity contribution in [1.29, 1.82) is 0 Å².